The Bertz CT molecular complexity index is 315. The first-order valence-corrected chi connectivity index (χ1v) is 20.9. The van der Waals surface area contributed by atoms with Gasteiger partial charge in [0.2, 0.25) is 0 Å². The zero-order valence-corrected chi connectivity index (χ0v) is 23.2. The lowest BCUT2D eigenvalue weighted by Crippen LogP contribution is -2.45. The molecule has 0 aromatic rings. The van der Waals surface area contributed by atoms with Crippen LogP contribution < -0.4 is 0 Å². The molecule has 0 aliphatic rings. The Morgan fingerprint density at radius 2 is 1.12 bits per heavy atom. The summed E-state index contributed by atoms with van der Waals surface area (Å²) < 4.78 is 0. The fourth-order valence-corrected chi connectivity index (χ4v) is 25.1. The van der Waals surface area contributed by atoms with E-state index in [1.165, 1.54) is 43.7 Å². The van der Waals surface area contributed by atoms with Crippen molar-refractivity contribution in [2.75, 3.05) is 0 Å². The van der Waals surface area contributed by atoms with Crippen LogP contribution in [0.2, 0.25) is 60.6 Å². The summed E-state index contributed by atoms with van der Waals surface area (Å²) in [4.78, 5) is 0. The summed E-state index contributed by atoms with van der Waals surface area (Å²) >= 11 is 0. The Balaban J connectivity index is 5.42. The van der Waals surface area contributed by atoms with Crippen molar-refractivity contribution in [2.45, 2.75) is 147 Å². The molecule has 158 valence electrons. The lowest BCUT2D eigenvalue weighted by Gasteiger charge is -2.42. The lowest BCUT2D eigenvalue weighted by molar-refractivity contribution is 0.785. The molecule has 1 unspecified atom stereocenters. The molecule has 0 saturated carbocycles. The summed E-state index contributed by atoms with van der Waals surface area (Å²) in [6, 6.07) is 11.3. The van der Waals surface area contributed by atoms with E-state index in [0.29, 0.717) is 0 Å². The number of rotatable bonds is 17. The third-order valence-corrected chi connectivity index (χ3v) is 25.6. The molecule has 0 aromatic heterocycles. The maximum Gasteiger partial charge on any atom is 0.0535 e. The molecule has 0 fully saturated rings. The SMILES string of the molecule is CCCC[Si](CCC)(CCCC)CCC([SiH](C)C)[Si](CC)(CC)CCC. The van der Waals surface area contributed by atoms with E-state index < -0.39 is 24.9 Å². The molecular weight excluding hydrogens is 361 g/mol. The summed E-state index contributed by atoms with van der Waals surface area (Å²) in [5, 5.41) is 1.21. The minimum absolute atomic E-state index is 0.557. The van der Waals surface area contributed by atoms with Gasteiger partial charge in [-0.1, -0.05) is 147 Å². The van der Waals surface area contributed by atoms with Crippen LogP contribution in [0.1, 0.15) is 86.5 Å². The predicted molar refractivity (Wildman–Crippen MR) is 134 cm³/mol. The highest BCUT2D eigenvalue weighted by Crippen LogP contribution is 2.43. The van der Waals surface area contributed by atoms with Gasteiger partial charge in [0.15, 0.2) is 0 Å². The van der Waals surface area contributed by atoms with Gasteiger partial charge >= 0.3 is 0 Å². The van der Waals surface area contributed by atoms with Crippen molar-refractivity contribution in [3.05, 3.63) is 0 Å². The quantitative estimate of drug-likeness (QED) is 0.208. The second-order valence-electron chi connectivity index (χ2n) is 9.67. The van der Waals surface area contributed by atoms with Gasteiger partial charge in [-0.2, -0.15) is 0 Å². The molecule has 0 bridgehead atoms. The summed E-state index contributed by atoms with van der Waals surface area (Å²) in [6.07, 6.45) is 10.4. The van der Waals surface area contributed by atoms with Crippen LogP contribution in [-0.4, -0.2) is 24.9 Å². The maximum absolute atomic E-state index is 2.69. The van der Waals surface area contributed by atoms with E-state index in [1.807, 2.05) is 0 Å². The molecule has 0 nitrogen and oxygen atoms in total. The van der Waals surface area contributed by atoms with Crippen LogP contribution in [-0.2, 0) is 0 Å². The lowest BCUT2D eigenvalue weighted by atomic mass is 10.4. The average Bonchev–Trinajstić information content (AvgIpc) is 2.63. The zero-order valence-electron chi connectivity index (χ0n) is 20.1. The van der Waals surface area contributed by atoms with Crippen LogP contribution in [0.15, 0.2) is 0 Å². The predicted octanol–water partition coefficient (Wildman–Crippen LogP) is 9.13. The van der Waals surface area contributed by atoms with Crippen molar-refractivity contribution >= 4 is 24.9 Å². The van der Waals surface area contributed by atoms with Crippen molar-refractivity contribution in [3.63, 3.8) is 0 Å². The first kappa shape index (κ1) is 26.7. The summed E-state index contributed by atoms with van der Waals surface area (Å²) in [5.74, 6) is 0. The smallest absolute Gasteiger partial charge is 0.0535 e. The van der Waals surface area contributed by atoms with Crippen molar-refractivity contribution in [1.82, 2.24) is 0 Å². The van der Waals surface area contributed by atoms with Gasteiger partial charge in [0.05, 0.1) is 16.1 Å². The monoisotopic (exact) mass is 414 g/mol. The molecule has 0 rings (SSSR count). The summed E-state index contributed by atoms with van der Waals surface area (Å²) in [5.41, 5.74) is 0. The standard InChI is InChI=1S/C23H54Si3/c1-9-15-20-25(18-11-3,21-16-10-2)22-17-23(24(7)8)26(13-5,14-6)19-12-4/h23-24H,9-22H2,1-8H3. The van der Waals surface area contributed by atoms with Crippen molar-refractivity contribution in [3.8, 4) is 0 Å². The van der Waals surface area contributed by atoms with Gasteiger partial charge in [0.25, 0.3) is 0 Å². The van der Waals surface area contributed by atoms with Gasteiger partial charge in [0, 0.05) is 8.80 Å². The van der Waals surface area contributed by atoms with Gasteiger partial charge in [-0.25, -0.2) is 0 Å². The third kappa shape index (κ3) is 8.34. The molecular formula is C23H54Si3. The van der Waals surface area contributed by atoms with Crippen molar-refractivity contribution in [2.24, 2.45) is 0 Å². The van der Waals surface area contributed by atoms with Gasteiger partial charge in [-0.3, -0.25) is 0 Å². The van der Waals surface area contributed by atoms with Gasteiger partial charge in [-0.15, -0.1) is 0 Å². The highest BCUT2D eigenvalue weighted by atomic mass is 28.4. The largest absolute Gasteiger partial charge is 0.0722 e. The zero-order chi connectivity index (χ0) is 20.1. The van der Waals surface area contributed by atoms with Crippen LogP contribution in [0.3, 0.4) is 0 Å². The molecule has 1 atom stereocenters. The average molecular weight is 415 g/mol. The van der Waals surface area contributed by atoms with E-state index >= 15 is 0 Å². The Kier molecular flexibility index (Phi) is 15.0. The fourth-order valence-electron chi connectivity index (χ4n) is 6.00. The van der Waals surface area contributed by atoms with Gasteiger partial charge < -0.3 is 0 Å². The molecule has 0 N–H and O–H groups in total. The Morgan fingerprint density at radius 1 is 0.615 bits per heavy atom. The Hall–Kier alpha value is 0.651. The topological polar surface area (TPSA) is 0 Å². The minimum Gasteiger partial charge on any atom is -0.0722 e. The van der Waals surface area contributed by atoms with Crippen LogP contribution in [0.25, 0.3) is 0 Å². The molecule has 0 saturated heterocycles. The van der Waals surface area contributed by atoms with E-state index in [2.05, 4.69) is 54.6 Å². The minimum atomic E-state index is -1.04. The van der Waals surface area contributed by atoms with Crippen molar-refractivity contribution < 1.29 is 0 Å². The van der Waals surface area contributed by atoms with Crippen molar-refractivity contribution in [1.29, 1.82) is 0 Å². The fraction of sp³-hybridized carbons (Fsp3) is 1.00. The molecule has 0 spiro atoms. The molecule has 0 aliphatic heterocycles. The van der Waals surface area contributed by atoms with E-state index in [9.17, 15) is 0 Å². The molecule has 0 aromatic carbocycles. The van der Waals surface area contributed by atoms with Gasteiger partial charge in [0.1, 0.15) is 0 Å². The molecule has 0 heterocycles. The number of hydrogen-bond acceptors (Lipinski definition) is 0. The Labute approximate surface area is 172 Å². The summed E-state index contributed by atoms with van der Waals surface area (Å²) in [6.45, 7) is 20.2. The second-order valence-corrected chi connectivity index (χ2v) is 24.0. The number of hydrogen-bond donors (Lipinski definition) is 0. The van der Waals surface area contributed by atoms with Gasteiger partial charge in [-0.05, 0) is 0 Å². The third-order valence-electron chi connectivity index (χ3n) is 7.63. The maximum atomic E-state index is 2.69. The second kappa shape index (κ2) is 14.6. The molecule has 3 heteroatoms. The molecule has 0 radical (unpaired) electrons. The highest BCUT2D eigenvalue weighted by Gasteiger charge is 2.40. The summed E-state index contributed by atoms with van der Waals surface area (Å²) in [7, 11) is -2.62. The van der Waals surface area contributed by atoms with E-state index in [4.69, 9.17) is 0 Å². The highest BCUT2D eigenvalue weighted by molar-refractivity contribution is 6.91. The normalized spacial score (nSPS) is 14.2. The van der Waals surface area contributed by atoms with Crippen LogP contribution in [0.5, 0.6) is 0 Å². The first-order valence-electron chi connectivity index (χ1n) is 12.4. The van der Waals surface area contributed by atoms with Crippen LogP contribution in [0, 0.1) is 0 Å². The number of unbranched alkanes of at least 4 members (excludes halogenated alkanes) is 2. The first-order chi connectivity index (χ1) is 12.4. The van der Waals surface area contributed by atoms with Crippen LogP contribution >= 0.6 is 0 Å². The van der Waals surface area contributed by atoms with Crippen LogP contribution in [0.4, 0.5) is 0 Å². The molecule has 0 amide bonds. The molecule has 26 heavy (non-hydrogen) atoms. The Morgan fingerprint density at radius 3 is 1.46 bits per heavy atom. The van der Waals surface area contributed by atoms with E-state index in [-0.39, 0.29) is 0 Å². The van der Waals surface area contributed by atoms with E-state index in [0.717, 1.165) is 0 Å². The van der Waals surface area contributed by atoms with E-state index in [1.54, 1.807) is 48.7 Å². The molecule has 0 aliphatic carbocycles.